The predicted octanol–water partition coefficient (Wildman–Crippen LogP) is 2.68. The van der Waals surface area contributed by atoms with Gasteiger partial charge in [0.05, 0.1) is 0 Å². The van der Waals surface area contributed by atoms with E-state index in [1.165, 1.54) is 0 Å². The first kappa shape index (κ1) is 15.0. The molecule has 0 radical (unpaired) electrons. The van der Waals surface area contributed by atoms with Crippen molar-refractivity contribution in [3.05, 3.63) is 12.4 Å². The van der Waals surface area contributed by atoms with Crippen molar-refractivity contribution in [3.8, 4) is 0 Å². The quantitative estimate of drug-likeness (QED) is 0.772. The summed E-state index contributed by atoms with van der Waals surface area (Å²) in [7, 11) is 4.24. The Bertz CT molecular complexity index is 320. The van der Waals surface area contributed by atoms with E-state index in [1.807, 2.05) is 12.4 Å². The average Bonchev–Trinajstić information content (AvgIpc) is 2.64. The smallest absolute Gasteiger partial charge is 0.203 e. The molecule has 0 aliphatic carbocycles. The molecule has 1 atom stereocenters. The Morgan fingerprint density at radius 1 is 1.39 bits per heavy atom. The molecule has 18 heavy (non-hydrogen) atoms. The third-order valence-electron chi connectivity index (χ3n) is 2.85. The standard InChI is InChI=1S/C14H28N4/c1-6-8-18-9-7-15-14(18)16-13(10-12(2)3)11-17(4)5/h7,9,12-13H,6,8,10-11H2,1-5H3,(H,15,16). The lowest BCUT2D eigenvalue weighted by Crippen LogP contribution is -2.34. The van der Waals surface area contributed by atoms with Crippen LogP contribution in [-0.4, -0.2) is 41.1 Å². The lowest BCUT2D eigenvalue weighted by Gasteiger charge is -2.24. The van der Waals surface area contributed by atoms with Gasteiger partial charge in [0.15, 0.2) is 0 Å². The Morgan fingerprint density at radius 2 is 2.11 bits per heavy atom. The van der Waals surface area contributed by atoms with Crippen LogP contribution >= 0.6 is 0 Å². The summed E-state index contributed by atoms with van der Waals surface area (Å²) >= 11 is 0. The van der Waals surface area contributed by atoms with Gasteiger partial charge in [0, 0.05) is 31.5 Å². The summed E-state index contributed by atoms with van der Waals surface area (Å²) in [6.07, 6.45) is 6.22. The van der Waals surface area contributed by atoms with E-state index in [0.29, 0.717) is 12.0 Å². The molecule has 0 saturated carbocycles. The van der Waals surface area contributed by atoms with Crippen molar-refractivity contribution in [2.45, 2.75) is 46.2 Å². The molecule has 1 aromatic rings. The number of likely N-dealkylation sites (N-methyl/N-ethyl adjacent to an activating group) is 1. The molecule has 0 fully saturated rings. The fourth-order valence-electron chi connectivity index (χ4n) is 2.24. The molecule has 0 aliphatic rings. The van der Waals surface area contributed by atoms with Gasteiger partial charge in [0.25, 0.3) is 0 Å². The second-order valence-electron chi connectivity index (χ2n) is 5.68. The van der Waals surface area contributed by atoms with Gasteiger partial charge in [-0.1, -0.05) is 20.8 Å². The van der Waals surface area contributed by atoms with E-state index >= 15 is 0 Å². The van der Waals surface area contributed by atoms with Crippen LogP contribution in [0.3, 0.4) is 0 Å². The van der Waals surface area contributed by atoms with E-state index in [0.717, 1.165) is 31.9 Å². The molecule has 0 bridgehead atoms. The topological polar surface area (TPSA) is 33.1 Å². The summed E-state index contributed by atoms with van der Waals surface area (Å²) in [6, 6.07) is 0.456. The zero-order valence-corrected chi connectivity index (χ0v) is 12.5. The van der Waals surface area contributed by atoms with Gasteiger partial charge in [-0.15, -0.1) is 0 Å². The van der Waals surface area contributed by atoms with Crippen molar-refractivity contribution in [3.63, 3.8) is 0 Å². The number of imidazole rings is 1. The lowest BCUT2D eigenvalue weighted by molar-refractivity contribution is 0.355. The summed E-state index contributed by atoms with van der Waals surface area (Å²) in [5, 5.41) is 3.59. The van der Waals surface area contributed by atoms with Crippen LogP contribution in [-0.2, 0) is 6.54 Å². The van der Waals surface area contributed by atoms with Gasteiger partial charge < -0.3 is 14.8 Å². The fraction of sp³-hybridized carbons (Fsp3) is 0.786. The minimum absolute atomic E-state index is 0.456. The van der Waals surface area contributed by atoms with Gasteiger partial charge in [-0.3, -0.25) is 0 Å². The summed E-state index contributed by atoms with van der Waals surface area (Å²) in [5.41, 5.74) is 0. The number of nitrogens with zero attached hydrogens (tertiary/aromatic N) is 3. The Hall–Kier alpha value is -1.03. The third-order valence-corrected chi connectivity index (χ3v) is 2.85. The minimum Gasteiger partial charge on any atom is -0.352 e. The van der Waals surface area contributed by atoms with E-state index in [-0.39, 0.29) is 0 Å². The predicted molar refractivity (Wildman–Crippen MR) is 77.9 cm³/mol. The number of nitrogens with one attached hydrogen (secondary N) is 1. The summed E-state index contributed by atoms with van der Waals surface area (Å²) < 4.78 is 2.20. The van der Waals surface area contributed by atoms with E-state index in [2.05, 4.69) is 54.6 Å². The van der Waals surface area contributed by atoms with Crippen LogP contribution in [0, 0.1) is 5.92 Å². The highest BCUT2D eigenvalue weighted by atomic mass is 15.2. The van der Waals surface area contributed by atoms with Crippen LogP contribution in [0.25, 0.3) is 0 Å². The van der Waals surface area contributed by atoms with Crippen LogP contribution < -0.4 is 5.32 Å². The van der Waals surface area contributed by atoms with Gasteiger partial charge in [-0.2, -0.15) is 0 Å². The molecule has 1 rings (SSSR count). The molecular formula is C14H28N4. The zero-order chi connectivity index (χ0) is 13.5. The van der Waals surface area contributed by atoms with Gasteiger partial charge >= 0.3 is 0 Å². The van der Waals surface area contributed by atoms with Crippen LogP contribution in [0.5, 0.6) is 0 Å². The molecular weight excluding hydrogens is 224 g/mol. The summed E-state index contributed by atoms with van der Waals surface area (Å²) in [6.45, 7) is 8.79. The highest BCUT2D eigenvalue weighted by Crippen LogP contribution is 2.13. The maximum Gasteiger partial charge on any atom is 0.203 e. The second kappa shape index (κ2) is 7.41. The van der Waals surface area contributed by atoms with Crippen molar-refractivity contribution in [2.24, 2.45) is 5.92 Å². The first-order valence-electron chi connectivity index (χ1n) is 6.95. The third kappa shape index (κ3) is 5.08. The molecule has 0 amide bonds. The first-order chi connectivity index (χ1) is 8.52. The number of aromatic nitrogens is 2. The maximum absolute atomic E-state index is 4.42. The molecule has 0 aromatic carbocycles. The van der Waals surface area contributed by atoms with Crippen LogP contribution in [0.1, 0.15) is 33.6 Å². The molecule has 0 saturated heterocycles. The van der Waals surface area contributed by atoms with Crippen LogP contribution in [0.2, 0.25) is 0 Å². The van der Waals surface area contributed by atoms with E-state index in [4.69, 9.17) is 0 Å². The molecule has 1 N–H and O–H groups in total. The molecule has 104 valence electrons. The SMILES string of the molecule is CCCn1ccnc1NC(CC(C)C)CN(C)C. The Kier molecular flexibility index (Phi) is 6.19. The summed E-state index contributed by atoms with van der Waals surface area (Å²) in [4.78, 5) is 6.65. The monoisotopic (exact) mass is 252 g/mol. The van der Waals surface area contributed by atoms with Crippen molar-refractivity contribution >= 4 is 5.95 Å². The van der Waals surface area contributed by atoms with Crippen LogP contribution in [0.4, 0.5) is 5.95 Å². The van der Waals surface area contributed by atoms with E-state index in [9.17, 15) is 0 Å². The number of rotatable bonds is 8. The number of hydrogen-bond donors (Lipinski definition) is 1. The average molecular weight is 252 g/mol. The normalized spacial score (nSPS) is 13.3. The number of aryl methyl sites for hydroxylation is 1. The van der Waals surface area contributed by atoms with Gasteiger partial charge in [-0.25, -0.2) is 4.98 Å². The van der Waals surface area contributed by atoms with E-state index in [1.54, 1.807) is 0 Å². The van der Waals surface area contributed by atoms with Crippen LogP contribution in [0.15, 0.2) is 12.4 Å². The fourth-order valence-corrected chi connectivity index (χ4v) is 2.24. The van der Waals surface area contributed by atoms with E-state index < -0.39 is 0 Å². The first-order valence-corrected chi connectivity index (χ1v) is 6.95. The van der Waals surface area contributed by atoms with Gasteiger partial charge in [0.1, 0.15) is 0 Å². The lowest BCUT2D eigenvalue weighted by atomic mass is 10.0. The largest absolute Gasteiger partial charge is 0.352 e. The maximum atomic E-state index is 4.42. The molecule has 0 aliphatic heterocycles. The van der Waals surface area contributed by atoms with Crippen molar-refractivity contribution in [1.29, 1.82) is 0 Å². The number of hydrogen-bond acceptors (Lipinski definition) is 3. The highest BCUT2D eigenvalue weighted by Gasteiger charge is 2.14. The Morgan fingerprint density at radius 3 is 2.67 bits per heavy atom. The Labute approximate surface area is 111 Å². The molecule has 4 heteroatoms. The van der Waals surface area contributed by atoms with Crippen molar-refractivity contribution in [2.75, 3.05) is 26.0 Å². The molecule has 1 aromatic heterocycles. The molecule has 1 heterocycles. The highest BCUT2D eigenvalue weighted by molar-refractivity contribution is 5.27. The van der Waals surface area contributed by atoms with Crippen molar-refractivity contribution < 1.29 is 0 Å². The van der Waals surface area contributed by atoms with Gasteiger partial charge in [0.2, 0.25) is 5.95 Å². The summed E-state index contributed by atoms with van der Waals surface area (Å²) in [5.74, 6) is 1.70. The van der Waals surface area contributed by atoms with Gasteiger partial charge in [-0.05, 0) is 32.9 Å². The number of anilines is 1. The molecule has 0 spiro atoms. The minimum atomic E-state index is 0.456. The zero-order valence-electron chi connectivity index (χ0n) is 12.5. The van der Waals surface area contributed by atoms with Crippen molar-refractivity contribution in [1.82, 2.24) is 14.5 Å². The molecule has 1 unspecified atom stereocenters. The molecule has 4 nitrogen and oxygen atoms in total. The second-order valence-corrected chi connectivity index (χ2v) is 5.68. The Balaban J connectivity index is 2.65.